The number of hydrogen-bond acceptors (Lipinski definition) is 6. The van der Waals surface area contributed by atoms with E-state index in [1.165, 1.54) is 23.3 Å². The number of anilines is 1. The van der Waals surface area contributed by atoms with E-state index >= 15 is 0 Å². The fraction of sp³-hybridized carbons (Fsp3) is 0.308. The van der Waals surface area contributed by atoms with Gasteiger partial charge in [0.25, 0.3) is 5.91 Å². The van der Waals surface area contributed by atoms with Crippen LogP contribution >= 0.6 is 11.3 Å². The van der Waals surface area contributed by atoms with Gasteiger partial charge in [-0.3, -0.25) is 14.5 Å². The van der Waals surface area contributed by atoms with Crippen LogP contribution in [0.15, 0.2) is 66.0 Å². The Morgan fingerprint density at radius 2 is 1.88 bits per heavy atom. The first-order valence-corrected chi connectivity index (χ1v) is 12.0. The minimum atomic E-state index is -0.843. The second-order valence-corrected chi connectivity index (χ2v) is 8.86. The number of amides is 2. The predicted octanol–water partition coefficient (Wildman–Crippen LogP) is 4.45. The summed E-state index contributed by atoms with van der Waals surface area (Å²) in [6.07, 6.45) is 1.90. The van der Waals surface area contributed by atoms with Crippen molar-refractivity contribution in [1.29, 1.82) is 0 Å². The van der Waals surface area contributed by atoms with Crippen LogP contribution in [0.2, 0.25) is 0 Å². The van der Waals surface area contributed by atoms with Crippen LogP contribution < -0.4 is 19.7 Å². The third-order valence-corrected chi connectivity index (χ3v) is 6.66. The number of ether oxygens (including phenoxy) is 3. The summed E-state index contributed by atoms with van der Waals surface area (Å²) in [4.78, 5) is 29.8. The number of carbonyl (C=O) groups is 2. The highest BCUT2D eigenvalue weighted by Crippen LogP contribution is 2.34. The van der Waals surface area contributed by atoms with Gasteiger partial charge in [-0.1, -0.05) is 24.3 Å². The lowest BCUT2D eigenvalue weighted by atomic mass is 10.1. The Labute approximate surface area is 203 Å². The highest BCUT2D eigenvalue weighted by molar-refractivity contribution is 7.10. The standard InChI is InChI=1S/C26H28N2O5S/c1-31-21-13-12-18(16-22(21)32-2)26(30)28(19-8-4-3-5-9-19)24(23-11-7-15-34-23)25(29)27-17-20-10-6-14-33-20/h3-5,7-9,11-13,15-16,20,24H,6,10,14,17H2,1-2H3,(H,27,29). The van der Waals surface area contributed by atoms with E-state index in [9.17, 15) is 9.59 Å². The zero-order valence-electron chi connectivity index (χ0n) is 19.2. The Hall–Kier alpha value is -3.36. The van der Waals surface area contributed by atoms with Crippen LogP contribution in [-0.2, 0) is 9.53 Å². The summed E-state index contributed by atoms with van der Waals surface area (Å²) in [5.41, 5.74) is 1.00. The number of benzene rings is 2. The lowest BCUT2D eigenvalue weighted by Gasteiger charge is -2.31. The van der Waals surface area contributed by atoms with Crippen molar-refractivity contribution < 1.29 is 23.8 Å². The van der Waals surface area contributed by atoms with Crippen molar-refractivity contribution in [3.8, 4) is 11.5 Å². The van der Waals surface area contributed by atoms with Gasteiger partial charge in [0, 0.05) is 29.3 Å². The first-order chi connectivity index (χ1) is 16.6. The summed E-state index contributed by atoms with van der Waals surface area (Å²) in [6.45, 7) is 1.12. The van der Waals surface area contributed by atoms with Crippen molar-refractivity contribution in [1.82, 2.24) is 5.32 Å². The van der Waals surface area contributed by atoms with Gasteiger partial charge in [-0.25, -0.2) is 0 Å². The summed E-state index contributed by atoms with van der Waals surface area (Å²) in [5, 5.41) is 4.92. The smallest absolute Gasteiger partial charge is 0.259 e. The maximum Gasteiger partial charge on any atom is 0.259 e. The third-order valence-electron chi connectivity index (χ3n) is 5.73. The zero-order valence-corrected chi connectivity index (χ0v) is 20.0. The first-order valence-electron chi connectivity index (χ1n) is 11.2. The first kappa shape index (κ1) is 23.8. The molecule has 0 radical (unpaired) electrons. The number of methoxy groups -OCH3 is 2. The fourth-order valence-electron chi connectivity index (χ4n) is 4.02. The average molecular weight is 481 g/mol. The molecule has 2 amide bonds. The molecule has 8 heteroatoms. The van der Waals surface area contributed by atoms with Crippen LogP contribution in [0.4, 0.5) is 5.69 Å². The number of para-hydroxylation sites is 1. The van der Waals surface area contributed by atoms with Crippen molar-refractivity contribution in [2.24, 2.45) is 0 Å². The van der Waals surface area contributed by atoms with Crippen LogP contribution in [0.25, 0.3) is 0 Å². The Kier molecular flexibility index (Phi) is 7.82. The molecule has 4 rings (SSSR count). The van der Waals surface area contributed by atoms with Crippen LogP contribution in [0, 0.1) is 0 Å². The lowest BCUT2D eigenvalue weighted by molar-refractivity contribution is -0.122. The van der Waals surface area contributed by atoms with Crippen LogP contribution in [-0.4, -0.2) is 45.3 Å². The topological polar surface area (TPSA) is 77.1 Å². The third kappa shape index (κ3) is 5.24. The molecule has 0 bridgehead atoms. The van der Waals surface area contributed by atoms with E-state index in [4.69, 9.17) is 14.2 Å². The minimum absolute atomic E-state index is 0.000313. The molecule has 1 saturated heterocycles. The molecule has 1 N–H and O–H groups in total. The summed E-state index contributed by atoms with van der Waals surface area (Å²) >= 11 is 1.44. The molecule has 7 nitrogen and oxygen atoms in total. The molecule has 1 fully saturated rings. The summed E-state index contributed by atoms with van der Waals surface area (Å²) in [6, 6.07) is 17.1. The van der Waals surface area contributed by atoms with E-state index in [0.29, 0.717) is 35.9 Å². The van der Waals surface area contributed by atoms with Crippen LogP contribution in [0.5, 0.6) is 11.5 Å². The second kappa shape index (κ2) is 11.2. The lowest BCUT2D eigenvalue weighted by Crippen LogP contribution is -2.45. The van der Waals surface area contributed by atoms with E-state index in [2.05, 4.69) is 5.32 Å². The number of nitrogens with zero attached hydrogens (tertiary/aromatic N) is 1. The Bertz CT molecular complexity index is 1100. The Morgan fingerprint density at radius 3 is 2.53 bits per heavy atom. The van der Waals surface area contributed by atoms with E-state index in [-0.39, 0.29) is 17.9 Å². The highest BCUT2D eigenvalue weighted by Gasteiger charge is 2.35. The van der Waals surface area contributed by atoms with Gasteiger partial charge in [-0.2, -0.15) is 0 Å². The SMILES string of the molecule is COc1ccc(C(=O)N(c2ccccc2)C(C(=O)NCC2CCCO2)c2cccs2)cc1OC. The fourth-order valence-corrected chi connectivity index (χ4v) is 4.83. The van der Waals surface area contributed by atoms with Gasteiger partial charge >= 0.3 is 0 Å². The number of thiophene rings is 1. The summed E-state index contributed by atoms with van der Waals surface area (Å²) in [5.74, 6) is 0.389. The van der Waals surface area contributed by atoms with Gasteiger partial charge in [-0.15, -0.1) is 11.3 Å². The molecule has 0 spiro atoms. The number of nitrogens with one attached hydrogen (secondary N) is 1. The molecule has 2 aromatic carbocycles. The van der Waals surface area contributed by atoms with Crippen LogP contribution in [0.3, 0.4) is 0 Å². The van der Waals surface area contributed by atoms with Gasteiger partial charge in [0.1, 0.15) is 0 Å². The number of hydrogen-bond donors (Lipinski definition) is 1. The van der Waals surface area contributed by atoms with Crippen molar-refractivity contribution in [2.45, 2.75) is 25.0 Å². The molecule has 2 heterocycles. The largest absolute Gasteiger partial charge is 0.493 e. The molecule has 1 aromatic heterocycles. The number of rotatable bonds is 9. The van der Waals surface area contributed by atoms with Crippen molar-refractivity contribution >= 4 is 28.8 Å². The van der Waals surface area contributed by atoms with Crippen LogP contribution in [0.1, 0.15) is 34.1 Å². The molecule has 34 heavy (non-hydrogen) atoms. The quantitative estimate of drug-likeness (QED) is 0.490. The van der Waals surface area contributed by atoms with Gasteiger partial charge in [0.2, 0.25) is 5.91 Å². The van der Waals surface area contributed by atoms with Gasteiger partial charge < -0.3 is 19.5 Å². The minimum Gasteiger partial charge on any atom is -0.493 e. The summed E-state index contributed by atoms with van der Waals surface area (Å²) in [7, 11) is 3.06. The molecular weight excluding hydrogens is 452 g/mol. The maximum absolute atomic E-state index is 13.9. The Morgan fingerprint density at radius 1 is 1.09 bits per heavy atom. The average Bonchev–Trinajstić information content (AvgIpc) is 3.60. The molecule has 0 aliphatic carbocycles. The molecule has 2 atom stereocenters. The molecule has 1 aliphatic rings. The van der Waals surface area contributed by atoms with E-state index in [1.54, 1.807) is 25.3 Å². The van der Waals surface area contributed by atoms with Crippen molar-refractivity contribution in [3.63, 3.8) is 0 Å². The molecular formula is C26H28N2O5S. The predicted molar refractivity (Wildman–Crippen MR) is 132 cm³/mol. The molecule has 178 valence electrons. The normalized spacial score (nSPS) is 16.0. The van der Waals surface area contributed by atoms with E-state index in [0.717, 1.165) is 17.7 Å². The van der Waals surface area contributed by atoms with Crippen molar-refractivity contribution in [2.75, 3.05) is 32.3 Å². The molecule has 1 aliphatic heterocycles. The van der Waals surface area contributed by atoms with Gasteiger partial charge in [0.15, 0.2) is 17.5 Å². The zero-order chi connectivity index (χ0) is 23.9. The van der Waals surface area contributed by atoms with Gasteiger partial charge in [-0.05, 0) is 54.6 Å². The molecule has 3 aromatic rings. The number of carbonyl (C=O) groups excluding carboxylic acids is 2. The molecule has 0 saturated carbocycles. The Balaban J connectivity index is 1.72. The van der Waals surface area contributed by atoms with E-state index < -0.39 is 6.04 Å². The van der Waals surface area contributed by atoms with E-state index in [1.807, 2.05) is 47.8 Å². The van der Waals surface area contributed by atoms with Gasteiger partial charge in [0.05, 0.1) is 20.3 Å². The monoisotopic (exact) mass is 480 g/mol. The maximum atomic E-state index is 13.9. The highest BCUT2D eigenvalue weighted by atomic mass is 32.1. The molecule has 2 unspecified atom stereocenters. The summed E-state index contributed by atoms with van der Waals surface area (Å²) < 4.78 is 16.4. The van der Waals surface area contributed by atoms with Crippen molar-refractivity contribution in [3.05, 3.63) is 76.5 Å². The second-order valence-electron chi connectivity index (χ2n) is 7.88.